The highest BCUT2D eigenvalue weighted by Crippen LogP contribution is 2.30. The van der Waals surface area contributed by atoms with Crippen molar-refractivity contribution in [1.82, 2.24) is 20.4 Å². The van der Waals surface area contributed by atoms with Crippen molar-refractivity contribution in [3.05, 3.63) is 54.1 Å². The molecule has 0 radical (unpaired) electrons. The molecule has 1 fully saturated rings. The number of aryl methyl sites for hydroxylation is 1. The third kappa shape index (κ3) is 4.86. The van der Waals surface area contributed by atoms with E-state index in [1.54, 1.807) is 6.20 Å². The Hall–Kier alpha value is -3.06. The predicted molar refractivity (Wildman–Crippen MR) is 108 cm³/mol. The summed E-state index contributed by atoms with van der Waals surface area (Å²) in [5.74, 6) is 0.698. The highest BCUT2D eigenvalue weighted by atomic mass is 16.5. The third-order valence-corrected chi connectivity index (χ3v) is 5.04. The highest BCUT2D eigenvalue weighted by Gasteiger charge is 2.17. The van der Waals surface area contributed by atoms with Crippen LogP contribution in [-0.4, -0.2) is 33.7 Å². The molecule has 0 bridgehead atoms. The van der Waals surface area contributed by atoms with Crippen LogP contribution in [0.15, 0.2) is 47.4 Å². The minimum atomic E-state index is 0.0587. The van der Waals surface area contributed by atoms with Gasteiger partial charge in [0.05, 0.1) is 23.1 Å². The lowest BCUT2D eigenvalue weighted by molar-refractivity contribution is -0.121. The maximum Gasteiger partial charge on any atom is 0.220 e. The lowest BCUT2D eigenvalue weighted by atomic mass is 10.0. The van der Waals surface area contributed by atoms with Crippen molar-refractivity contribution in [2.24, 2.45) is 0 Å². The largest absolute Gasteiger partial charge is 0.378 e. The van der Waals surface area contributed by atoms with Crippen molar-refractivity contribution in [3.8, 4) is 22.6 Å². The molecule has 29 heavy (non-hydrogen) atoms. The molecule has 3 aromatic rings. The smallest absolute Gasteiger partial charge is 0.220 e. The molecule has 7 nitrogen and oxygen atoms in total. The standard InChI is InChI=1S/C22H24N4O3/c1-15-11-20(29-26-15)19-13-23-14-25-22(19)17-6-4-16(5-7-17)12-24-21(27)9-8-18-3-2-10-28-18/h4-7,11,13-14,18H,2-3,8-10,12H2,1H3,(H,24,27)/t18-/m0/s1. The molecule has 1 aliphatic heterocycles. The van der Waals surface area contributed by atoms with E-state index in [0.29, 0.717) is 18.7 Å². The van der Waals surface area contributed by atoms with Crippen LogP contribution in [0.1, 0.15) is 36.9 Å². The number of ether oxygens (including phenoxy) is 1. The Balaban J connectivity index is 1.38. The molecule has 1 aliphatic rings. The molecule has 0 saturated carbocycles. The van der Waals surface area contributed by atoms with Crippen LogP contribution in [0.3, 0.4) is 0 Å². The number of benzene rings is 1. The van der Waals surface area contributed by atoms with E-state index in [2.05, 4.69) is 20.4 Å². The number of carbonyl (C=O) groups excluding carboxylic acids is 1. The molecule has 0 spiro atoms. The first kappa shape index (κ1) is 19.3. The summed E-state index contributed by atoms with van der Waals surface area (Å²) in [6, 6.07) is 9.83. The fourth-order valence-corrected chi connectivity index (χ4v) is 3.46. The molecular weight excluding hydrogens is 368 g/mol. The van der Waals surface area contributed by atoms with Gasteiger partial charge in [-0.15, -0.1) is 0 Å². The molecule has 1 N–H and O–H groups in total. The van der Waals surface area contributed by atoms with Gasteiger partial charge in [-0.25, -0.2) is 9.97 Å². The van der Waals surface area contributed by atoms with Gasteiger partial charge in [-0.2, -0.15) is 0 Å². The molecule has 4 rings (SSSR count). The topological polar surface area (TPSA) is 90.1 Å². The molecule has 0 aliphatic carbocycles. The SMILES string of the molecule is Cc1cc(-c2cncnc2-c2ccc(CNC(=O)CC[C@@H]3CCCO3)cc2)on1. The summed E-state index contributed by atoms with van der Waals surface area (Å²) in [7, 11) is 0. The van der Waals surface area contributed by atoms with Crippen molar-refractivity contribution in [2.75, 3.05) is 6.61 Å². The minimum absolute atomic E-state index is 0.0587. The molecule has 150 valence electrons. The van der Waals surface area contributed by atoms with E-state index in [1.165, 1.54) is 6.33 Å². The van der Waals surface area contributed by atoms with Gasteiger partial charge in [0.2, 0.25) is 5.91 Å². The van der Waals surface area contributed by atoms with Gasteiger partial charge < -0.3 is 14.6 Å². The van der Waals surface area contributed by atoms with Crippen LogP contribution in [0.4, 0.5) is 0 Å². The van der Waals surface area contributed by atoms with E-state index in [-0.39, 0.29) is 12.0 Å². The lowest BCUT2D eigenvalue weighted by Gasteiger charge is -2.10. The molecular formula is C22H24N4O3. The van der Waals surface area contributed by atoms with E-state index in [1.807, 2.05) is 37.3 Å². The van der Waals surface area contributed by atoms with Crippen LogP contribution in [0, 0.1) is 6.92 Å². The van der Waals surface area contributed by atoms with Crippen molar-refractivity contribution < 1.29 is 14.1 Å². The number of hydrogen-bond acceptors (Lipinski definition) is 6. The van der Waals surface area contributed by atoms with Crippen LogP contribution >= 0.6 is 0 Å². The zero-order valence-electron chi connectivity index (χ0n) is 16.4. The number of aromatic nitrogens is 3. The number of rotatable bonds is 7. The summed E-state index contributed by atoms with van der Waals surface area (Å²) < 4.78 is 10.9. The first-order valence-corrected chi connectivity index (χ1v) is 9.90. The monoisotopic (exact) mass is 392 g/mol. The molecule has 1 saturated heterocycles. The number of nitrogens with one attached hydrogen (secondary N) is 1. The summed E-state index contributed by atoms with van der Waals surface area (Å²) in [5, 5.41) is 6.92. The van der Waals surface area contributed by atoms with Crippen molar-refractivity contribution in [3.63, 3.8) is 0 Å². The van der Waals surface area contributed by atoms with E-state index in [0.717, 1.165) is 53.9 Å². The Kier molecular flexibility index (Phi) is 5.95. The summed E-state index contributed by atoms with van der Waals surface area (Å²) in [5.41, 5.74) is 4.36. The summed E-state index contributed by atoms with van der Waals surface area (Å²) in [4.78, 5) is 20.6. The van der Waals surface area contributed by atoms with Crippen LogP contribution in [0.25, 0.3) is 22.6 Å². The van der Waals surface area contributed by atoms with Gasteiger partial charge in [0, 0.05) is 37.4 Å². The Morgan fingerprint density at radius 2 is 2.14 bits per heavy atom. The second-order valence-corrected chi connectivity index (χ2v) is 7.26. The third-order valence-electron chi connectivity index (χ3n) is 5.04. The zero-order chi connectivity index (χ0) is 20.1. The summed E-state index contributed by atoms with van der Waals surface area (Å²) in [6.45, 7) is 3.20. The molecule has 3 heterocycles. The normalized spacial score (nSPS) is 16.1. The molecule has 1 atom stereocenters. The average Bonchev–Trinajstić information content (AvgIpc) is 3.43. The molecule has 1 amide bonds. The van der Waals surface area contributed by atoms with Crippen molar-refractivity contribution in [2.45, 2.75) is 45.3 Å². The molecule has 7 heteroatoms. The number of nitrogens with zero attached hydrogens (tertiary/aromatic N) is 3. The Morgan fingerprint density at radius 3 is 2.86 bits per heavy atom. The maximum absolute atomic E-state index is 12.1. The first-order chi connectivity index (χ1) is 14.2. The van der Waals surface area contributed by atoms with Gasteiger partial charge >= 0.3 is 0 Å². The second kappa shape index (κ2) is 8.96. The summed E-state index contributed by atoms with van der Waals surface area (Å²) >= 11 is 0. The quantitative estimate of drug-likeness (QED) is 0.660. The number of carbonyl (C=O) groups is 1. The summed E-state index contributed by atoms with van der Waals surface area (Å²) in [6.07, 6.45) is 6.95. The Bertz CT molecular complexity index is 962. The average molecular weight is 392 g/mol. The highest BCUT2D eigenvalue weighted by molar-refractivity contribution is 5.78. The number of hydrogen-bond donors (Lipinski definition) is 1. The van der Waals surface area contributed by atoms with Gasteiger partial charge in [0.25, 0.3) is 0 Å². The molecule has 0 unspecified atom stereocenters. The zero-order valence-corrected chi connectivity index (χ0v) is 16.4. The van der Waals surface area contributed by atoms with Gasteiger partial charge in [-0.1, -0.05) is 29.4 Å². The van der Waals surface area contributed by atoms with Gasteiger partial charge in [-0.05, 0) is 31.7 Å². The van der Waals surface area contributed by atoms with Gasteiger partial charge in [0.15, 0.2) is 5.76 Å². The van der Waals surface area contributed by atoms with Crippen LogP contribution in [0.5, 0.6) is 0 Å². The fraction of sp³-hybridized carbons (Fsp3) is 0.364. The molecule has 1 aromatic carbocycles. The van der Waals surface area contributed by atoms with Crippen LogP contribution in [0.2, 0.25) is 0 Å². The van der Waals surface area contributed by atoms with E-state index >= 15 is 0 Å². The van der Waals surface area contributed by atoms with E-state index in [4.69, 9.17) is 9.26 Å². The molecule has 2 aromatic heterocycles. The number of amides is 1. The lowest BCUT2D eigenvalue weighted by Crippen LogP contribution is -2.23. The first-order valence-electron chi connectivity index (χ1n) is 9.90. The Labute approximate surface area is 169 Å². The van der Waals surface area contributed by atoms with E-state index in [9.17, 15) is 4.79 Å². The van der Waals surface area contributed by atoms with Crippen LogP contribution < -0.4 is 5.32 Å². The minimum Gasteiger partial charge on any atom is -0.378 e. The second-order valence-electron chi connectivity index (χ2n) is 7.26. The fourth-order valence-electron chi connectivity index (χ4n) is 3.46. The Morgan fingerprint density at radius 1 is 1.28 bits per heavy atom. The van der Waals surface area contributed by atoms with Gasteiger partial charge in [0.1, 0.15) is 6.33 Å². The van der Waals surface area contributed by atoms with Crippen LogP contribution in [-0.2, 0) is 16.1 Å². The van der Waals surface area contributed by atoms with E-state index < -0.39 is 0 Å². The maximum atomic E-state index is 12.1. The van der Waals surface area contributed by atoms with Gasteiger partial charge in [-0.3, -0.25) is 4.79 Å². The predicted octanol–water partition coefficient (Wildman–Crippen LogP) is 3.68. The van der Waals surface area contributed by atoms with Crippen molar-refractivity contribution in [1.29, 1.82) is 0 Å². The van der Waals surface area contributed by atoms with Crippen molar-refractivity contribution >= 4 is 5.91 Å².